The molecule has 1 aromatic carbocycles. The van der Waals surface area contributed by atoms with E-state index in [1.54, 1.807) is 6.07 Å². The van der Waals surface area contributed by atoms with Crippen LogP contribution in [0.5, 0.6) is 0 Å². The van der Waals surface area contributed by atoms with E-state index < -0.39 is 0 Å². The molecule has 0 atom stereocenters. The number of hydrogen-bond acceptors (Lipinski definition) is 3. The van der Waals surface area contributed by atoms with Gasteiger partial charge in [-0.15, -0.1) is 0 Å². The predicted octanol–water partition coefficient (Wildman–Crippen LogP) is 3.38. The quantitative estimate of drug-likeness (QED) is 0.843. The van der Waals surface area contributed by atoms with Gasteiger partial charge >= 0.3 is 5.97 Å². The number of benzene rings is 1. The van der Waals surface area contributed by atoms with Crippen LogP contribution in [-0.2, 0) is 11.3 Å². The van der Waals surface area contributed by atoms with Crippen molar-refractivity contribution in [1.82, 2.24) is 4.98 Å². The first-order valence-corrected chi connectivity index (χ1v) is 6.25. The van der Waals surface area contributed by atoms with Gasteiger partial charge in [-0.2, -0.15) is 0 Å². The average Bonchev–Trinajstić information content (AvgIpc) is 2.86. The maximum absolute atomic E-state index is 11.3. The van der Waals surface area contributed by atoms with E-state index in [1.807, 2.05) is 31.2 Å². The Balaban J connectivity index is 2.07. The van der Waals surface area contributed by atoms with Crippen molar-refractivity contribution < 1.29 is 9.53 Å². The van der Waals surface area contributed by atoms with E-state index in [2.05, 4.69) is 15.0 Å². The van der Waals surface area contributed by atoms with Gasteiger partial charge in [0, 0.05) is 5.69 Å². The molecular formula is C14H15ClN2O2. The van der Waals surface area contributed by atoms with Crippen LogP contribution in [0.4, 0.5) is 5.69 Å². The first kappa shape index (κ1) is 13.5. The molecule has 0 radical (unpaired) electrons. The van der Waals surface area contributed by atoms with Crippen LogP contribution in [-0.4, -0.2) is 18.1 Å². The minimum absolute atomic E-state index is 0.375. The molecule has 0 saturated heterocycles. The van der Waals surface area contributed by atoms with E-state index in [4.69, 9.17) is 11.6 Å². The predicted molar refractivity (Wildman–Crippen MR) is 75.6 cm³/mol. The Morgan fingerprint density at radius 3 is 2.84 bits per heavy atom. The summed E-state index contributed by atoms with van der Waals surface area (Å²) in [6, 6.07) is 9.27. The van der Waals surface area contributed by atoms with E-state index >= 15 is 0 Å². The first-order valence-electron chi connectivity index (χ1n) is 5.87. The maximum Gasteiger partial charge on any atom is 0.354 e. The van der Waals surface area contributed by atoms with Crippen molar-refractivity contribution in [2.45, 2.75) is 13.5 Å². The molecule has 1 aromatic heterocycles. The molecule has 0 aliphatic carbocycles. The fourth-order valence-corrected chi connectivity index (χ4v) is 2.10. The summed E-state index contributed by atoms with van der Waals surface area (Å²) in [4.78, 5) is 14.3. The second-order valence-electron chi connectivity index (χ2n) is 4.17. The number of hydrogen-bond donors (Lipinski definition) is 2. The zero-order valence-corrected chi connectivity index (χ0v) is 11.5. The largest absolute Gasteiger partial charge is 0.464 e. The lowest BCUT2D eigenvalue weighted by molar-refractivity contribution is 0.0594. The van der Waals surface area contributed by atoms with Gasteiger partial charge < -0.3 is 15.0 Å². The number of para-hydroxylation sites is 1. The first-order chi connectivity index (χ1) is 9.11. The maximum atomic E-state index is 11.3. The number of H-pyrrole nitrogens is 1. The molecule has 2 N–H and O–H groups in total. The molecule has 0 spiro atoms. The summed E-state index contributed by atoms with van der Waals surface area (Å²) in [5, 5.41) is 3.93. The van der Waals surface area contributed by atoms with Crippen molar-refractivity contribution >= 4 is 23.3 Å². The topological polar surface area (TPSA) is 54.1 Å². The van der Waals surface area contributed by atoms with Crippen LogP contribution in [0.25, 0.3) is 0 Å². The molecule has 0 aliphatic heterocycles. The number of rotatable bonds is 4. The summed E-state index contributed by atoms with van der Waals surface area (Å²) in [5.74, 6) is -0.375. The summed E-state index contributed by atoms with van der Waals surface area (Å²) in [6.45, 7) is 2.55. The highest BCUT2D eigenvalue weighted by Gasteiger charge is 2.08. The summed E-state index contributed by atoms with van der Waals surface area (Å²) in [6.07, 6.45) is 0. The Morgan fingerprint density at radius 2 is 2.16 bits per heavy atom. The number of aromatic amines is 1. The zero-order chi connectivity index (χ0) is 13.8. The normalized spacial score (nSPS) is 10.3. The smallest absolute Gasteiger partial charge is 0.354 e. The number of anilines is 1. The highest BCUT2D eigenvalue weighted by Crippen LogP contribution is 2.25. The summed E-state index contributed by atoms with van der Waals surface area (Å²) < 4.78 is 4.64. The van der Waals surface area contributed by atoms with E-state index in [0.717, 1.165) is 16.9 Å². The van der Waals surface area contributed by atoms with Crippen LogP contribution in [0.1, 0.15) is 21.7 Å². The fourth-order valence-electron chi connectivity index (χ4n) is 1.81. The molecule has 0 bridgehead atoms. The summed E-state index contributed by atoms with van der Waals surface area (Å²) in [7, 11) is 1.36. The summed E-state index contributed by atoms with van der Waals surface area (Å²) in [5.41, 5.74) is 3.31. The number of carbonyl (C=O) groups is 1. The lowest BCUT2D eigenvalue weighted by Crippen LogP contribution is -2.04. The number of halogens is 1. The van der Waals surface area contributed by atoms with Crippen molar-refractivity contribution in [3.05, 3.63) is 52.3 Å². The number of carbonyl (C=O) groups excluding carboxylic acids is 1. The Kier molecular flexibility index (Phi) is 4.12. The van der Waals surface area contributed by atoms with Gasteiger partial charge in [0.25, 0.3) is 0 Å². The highest BCUT2D eigenvalue weighted by atomic mass is 35.5. The highest BCUT2D eigenvalue weighted by molar-refractivity contribution is 6.33. The van der Waals surface area contributed by atoms with Crippen molar-refractivity contribution in [2.75, 3.05) is 12.4 Å². The van der Waals surface area contributed by atoms with E-state index in [1.165, 1.54) is 7.11 Å². The molecule has 0 saturated carbocycles. The number of nitrogens with one attached hydrogen (secondary N) is 2. The van der Waals surface area contributed by atoms with E-state index in [9.17, 15) is 4.79 Å². The third-order valence-electron chi connectivity index (χ3n) is 2.83. The van der Waals surface area contributed by atoms with Gasteiger partial charge in [-0.1, -0.05) is 23.7 Å². The molecule has 0 unspecified atom stereocenters. The molecule has 0 fully saturated rings. The Hall–Kier alpha value is -1.94. The number of aryl methyl sites for hydroxylation is 1. The lowest BCUT2D eigenvalue weighted by atomic mass is 10.2. The molecule has 1 heterocycles. The third-order valence-corrected chi connectivity index (χ3v) is 3.14. The van der Waals surface area contributed by atoms with E-state index in [-0.39, 0.29) is 5.97 Å². The van der Waals surface area contributed by atoms with Crippen molar-refractivity contribution in [1.29, 1.82) is 0 Å². The lowest BCUT2D eigenvalue weighted by Gasteiger charge is -2.10. The second kappa shape index (κ2) is 5.80. The van der Waals surface area contributed by atoms with Crippen LogP contribution < -0.4 is 5.32 Å². The summed E-state index contributed by atoms with van der Waals surface area (Å²) >= 11 is 6.13. The molecule has 2 rings (SSSR count). The second-order valence-corrected chi connectivity index (χ2v) is 4.58. The SMILES string of the molecule is COC(=O)c1ccc(CNc2c(C)cccc2Cl)[nH]1. The van der Waals surface area contributed by atoms with Crippen LogP contribution in [0.3, 0.4) is 0 Å². The molecule has 2 aromatic rings. The minimum Gasteiger partial charge on any atom is -0.464 e. The molecule has 5 heteroatoms. The van der Waals surface area contributed by atoms with Crippen LogP contribution in [0.15, 0.2) is 30.3 Å². The van der Waals surface area contributed by atoms with Gasteiger partial charge in [-0.3, -0.25) is 0 Å². The Bertz CT molecular complexity index is 573. The number of methoxy groups -OCH3 is 1. The van der Waals surface area contributed by atoms with Gasteiger partial charge in [-0.25, -0.2) is 4.79 Å². The van der Waals surface area contributed by atoms with Gasteiger partial charge in [0.2, 0.25) is 0 Å². The van der Waals surface area contributed by atoms with Crippen molar-refractivity contribution in [3.8, 4) is 0 Å². The molecule has 4 nitrogen and oxygen atoms in total. The number of ether oxygens (including phenoxy) is 1. The van der Waals surface area contributed by atoms with E-state index in [0.29, 0.717) is 17.3 Å². The molecule has 19 heavy (non-hydrogen) atoms. The standard InChI is InChI=1S/C14H15ClN2O2/c1-9-4-3-5-11(15)13(9)16-8-10-6-7-12(17-10)14(18)19-2/h3-7,16-17H,8H2,1-2H3. The minimum atomic E-state index is -0.375. The molecular weight excluding hydrogens is 264 g/mol. The molecule has 100 valence electrons. The van der Waals surface area contributed by atoms with Crippen LogP contribution >= 0.6 is 11.6 Å². The van der Waals surface area contributed by atoms with Crippen molar-refractivity contribution in [2.24, 2.45) is 0 Å². The third kappa shape index (κ3) is 3.09. The van der Waals surface area contributed by atoms with Gasteiger partial charge in [0.05, 0.1) is 24.4 Å². The van der Waals surface area contributed by atoms with Gasteiger partial charge in [0.1, 0.15) is 5.69 Å². The average molecular weight is 279 g/mol. The monoisotopic (exact) mass is 278 g/mol. The fraction of sp³-hybridized carbons (Fsp3) is 0.214. The van der Waals surface area contributed by atoms with Crippen molar-refractivity contribution in [3.63, 3.8) is 0 Å². The van der Waals surface area contributed by atoms with Gasteiger partial charge in [0.15, 0.2) is 0 Å². The van der Waals surface area contributed by atoms with Gasteiger partial charge in [-0.05, 0) is 30.7 Å². The zero-order valence-electron chi connectivity index (χ0n) is 10.8. The number of aromatic nitrogens is 1. The van der Waals surface area contributed by atoms with Crippen LogP contribution in [0.2, 0.25) is 5.02 Å². The Morgan fingerprint density at radius 1 is 1.37 bits per heavy atom. The molecule has 0 aliphatic rings. The number of esters is 1. The molecule has 0 amide bonds. The Labute approximate surface area is 116 Å². The van der Waals surface area contributed by atoms with Crippen LogP contribution in [0, 0.1) is 6.92 Å².